The minimum Gasteiger partial charge on any atom is -0.465 e. The highest BCUT2D eigenvalue weighted by Crippen LogP contribution is 2.26. The summed E-state index contributed by atoms with van der Waals surface area (Å²) in [5.41, 5.74) is 1.65. The third-order valence-corrected chi connectivity index (χ3v) is 3.40. The third kappa shape index (κ3) is 4.88. The second kappa shape index (κ2) is 6.22. The number of hydrogen-bond donors (Lipinski definition) is 1. The Kier molecular flexibility index (Phi) is 4.76. The van der Waals surface area contributed by atoms with E-state index in [0.29, 0.717) is 12.6 Å². The minimum absolute atomic E-state index is 0.0404. The average Bonchev–Trinajstić information content (AvgIpc) is 3.19. The second-order valence-corrected chi connectivity index (χ2v) is 5.85. The summed E-state index contributed by atoms with van der Waals surface area (Å²) in [6.07, 6.45) is -3.92. The first kappa shape index (κ1) is 16.1. The normalized spacial score (nSPS) is 17.1. The molecule has 1 aliphatic carbocycles. The SMILES string of the molecule is CC(C)c1cc(CNC2CC2)cc(OC(C)C(F)(F)F)n1. The van der Waals surface area contributed by atoms with Gasteiger partial charge in [0.25, 0.3) is 0 Å². The number of aromatic nitrogens is 1. The molecule has 1 unspecified atom stereocenters. The van der Waals surface area contributed by atoms with Crippen LogP contribution in [0.5, 0.6) is 5.88 Å². The number of nitrogens with one attached hydrogen (secondary N) is 1. The van der Waals surface area contributed by atoms with Gasteiger partial charge in [-0.2, -0.15) is 13.2 Å². The smallest absolute Gasteiger partial charge is 0.425 e. The molecule has 1 aliphatic rings. The highest BCUT2D eigenvalue weighted by Gasteiger charge is 2.38. The molecule has 0 spiro atoms. The topological polar surface area (TPSA) is 34.1 Å². The molecule has 1 heterocycles. The maximum absolute atomic E-state index is 12.6. The maximum Gasteiger partial charge on any atom is 0.425 e. The van der Waals surface area contributed by atoms with Crippen molar-refractivity contribution in [3.05, 3.63) is 23.4 Å². The predicted octanol–water partition coefficient (Wildman–Crippen LogP) is 3.79. The average molecular weight is 302 g/mol. The molecule has 2 rings (SSSR count). The van der Waals surface area contributed by atoms with Crippen molar-refractivity contribution >= 4 is 0 Å². The van der Waals surface area contributed by atoms with Gasteiger partial charge in [0.1, 0.15) is 0 Å². The summed E-state index contributed by atoms with van der Waals surface area (Å²) in [6.45, 7) is 5.53. The summed E-state index contributed by atoms with van der Waals surface area (Å²) < 4.78 is 42.7. The summed E-state index contributed by atoms with van der Waals surface area (Å²) >= 11 is 0. The lowest BCUT2D eigenvalue weighted by Gasteiger charge is -2.18. The van der Waals surface area contributed by atoms with Crippen molar-refractivity contribution in [2.24, 2.45) is 0 Å². The fraction of sp³-hybridized carbons (Fsp3) is 0.667. The Hall–Kier alpha value is -1.30. The molecule has 1 aromatic rings. The van der Waals surface area contributed by atoms with Gasteiger partial charge >= 0.3 is 6.18 Å². The molecule has 0 radical (unpaired) electrons. The van der Waals surface area contributed by atoms with E-state index in [4.69, 9.17) is 4.74 Å². The van der Waals surface area contributed by atoms with Gasteiger partial charge in [-0.1, -0.05) is 13.8 Å². The lowest BCUT2D eigenvalue weighted by Crippen LogP contribution is -2.31. The Balaban J connectivity index is 2.13. The lowest BCUT2D eigenvalue weighted by atomic mass is 10.1. The third-order valence-electron chi connectivity index (χ3n) is 3.40. The van der Waals surface area contributed by atoms with E-state index >= 15 is 0 Å². The predicted molar refractivity (Wildman–Crippen MR) is 74.3 cm³/mol. The maximum atomic E-state index is 12.6. The molecule has 0 aliphatic heterocycles. The van der Waals surface area contributed by atoms with Crippen LogP contribution in [0.3, 0.4) is 0 Å². The molecule has 6 heteroatoms. The number of halogens is 3. The zero-order valence-corrected chi connectivity index (χ0v) is 12.5. The van der Waals surface area contributed by atoms with Crippen molar-refractivity contribution < 1.29 is 17.9 Å². The van der Waals surface area contributed by atoms with Gasteiger partial charge in [0.2, 0.25) is 5.88 Å². The minimum atomic E-state index is -4.39. The number of nitrogens with zero attached hydrogens (tertiary/aromatic N) is 1. The summed E-state index contributed by atoms with van der Waals surface area (Å²) in [5.74, 6) is 0.174. The number of ether oxygens (including phenoxy) is 1. The number of alkyl halides is 3. The molecular formula is C15H21F3N2O. The zero-order valence-electron chi connectivity index (χ0n) is 12.5. The van der Waals surface area contributed by atoms with Crippen LogP contribution < -0.4 is 10.1 Å². The summed E-state index contributed by atoms with van der Waals surface area (Å²) in [7, 11) is 0. The van der Waals surface area contributed by atoms with E-state index in [1.165, 1.54) is 0 Å². The molecule has 0 bridgehead atoms. The summed E-state index contributed by atoms with van der Waals surface area (Å²) in [5, 5.41) is 3.34. The number of rotatable bonds is 6. The number of pyridine rings is 1. The quantitative estimate of drug-likeness (QED) is 0.868. The summed E-state index contributed by atoms with van der Waals surface area (Å²) in [4.78, 5) is 4.18. The molecule has 0 aromatic carbocycles. The van der Waals surface area contributed by atoms with Gasteiger partial charge in [-0.25, -0.2) is 4.98 Å². The van der Waals surface area contributed by atoms with Gasteiger partial charge in [-0.3, -0.25) is 0 Å². The fourth-order valence-electron chi connectivity index (χ4n) is 1.84. The molecule has 21 heavy (non-hydrogen) atoms. The molecular weight excluding hydrogens is 281 g/mol. The molecule has 0 saturated heterocycles. The van der Waals surface area contributed by atoms with Crippen molar-refractivity contribution in [1.29, 1.82) is 0 Å². The largest absolute Gasteiger partial charge is 0.465 e. The van der Waals surface area contributed by atoms with Crippen LogP contribution in [0.2, 0.25) is 0 Å². The molecule has 118 valence electrons. The van der Waals surface area contributed by atoms with Gasteiger partial charge in [0.05, 0.1) is 0 Å². The molecule has 1 atom stereocenters. The van der Waals surface area contributed by atoms with Gasteiger partial charge in [0.15, 0.2) is 6.10 Å². The molecule has 1 aromatic heterocycles. The highest BCUT2D eigenvalue weighted by molar-refractivity contribution is 5.27. The molecule has 0 amide bonds. The first-order valence-electron chi connectivity index (χ1n) is 7.23. The Morgan fingerprint density at radius 2 is 1.95 bits per heavy atom. The van der Waals surface area contributed by atoms with Crippen LogP contribution in [0.1, 0.15) is 50.8 Å². The Labute approximate surface area is 122 Å². The van der Waals surface area contributed by atoms with Crippen molar-refractivity contribution in [3.8, 4) is 5.88 Å². The van der Waals surface area contributed by atoms with Crippen LogP contribution in [0.15, 0.2) is 12.1 Å². The first-order chi connectivity index (χ1) is 9.75. The molecule has 1 N–H and O–H groups in total. The van der Waals surface area contributed by atoms with Crippen LogP contribution in [-0.4, -0.2) is 23.3 Å². The second-order valence-electron chi connectivity index (χ2n) is 5.85. The fourth-order valence-corrected chi connectivity index (χ4v) is 1.84. The van der Waals surface area contributed by atoms with Crippen LogP contribution >= 0.6 is 0 Å². The molecule has 3 nitrogen and oxygen atoms in total. The van der Waals surface area contributed by atoms with E-state index in [9.17, 15) is 13.2 Å². The molecule has 1 saturated carbocycles. The Morgan fingerprint density at radius 1 is 1.29 bits per heavy atom. The van der Waals surface area contributed by atoms with Crippen LogP contribution in [0.4, 0.5) is 13.2 Å². The van der Waals surface area contributed by atoms with Crippen molar-refractivity contribution in [2.45, 2.75) is 64.4 Å². The highest BCUT2D eigenvalue weighted by atomic mass is 19.4. The van der Waals surface area contributed by atoms with Crippen LogP contribution in [0.25, 0.3) is 0 Å². The number of hydrogen-bond acceptors (Lipinski definition) is 3. The standard InChI is InChI=1S/C15H21F3N2O/c1-9(2)13-6-11(8-19-12-4-5-12)7-14(20-13)21-10(3)15(16,17)18/h6-7,9-10,12,19H,4-5,8H2,1-3H3. The van der Waals surface area contributed by atoms with Gasteiger partial charge < -0.3 is 10.1 Å². The Morgan fingerprint density at radius 3 is 2.48 bits per heavy atom. The van der Waals surface area contributed by atoms with Crippen LogP contribution in [0, 0.1) is 0 Å². The monoisotopic (exact) mass is 302 g/mol. The van der Waals surface area contributed by atoms with Gasteiger partial charge in [-0.05, 0) is 37.3 Å². The van der Waals surface area contributed by atoms with Crippen molar-refractivity contribution in [1.82, 2.24) is 10.3 Å². The van der Waals surface area contributed by atoms with Crippen LogP contribution in [-0.2, 0) is 6.54 Å². The van der Waals surface area contributed by atoms with Gasteiger partial charge in [-0.15, -0.1) is 0 Å². The first-order valence-corrected chi connectivity index (χ1v) is 7.23. The van der Waals surface area contributed by atoms with E-state index in [2.05, 4.69) is 10.3 Å². The lowest BCUT2D eigenvalue weighted by molar-refractivity contribution is -0.190. The molecule has 1 fully saturated rings. The van der Waals surface area contributed by atoms with E-state index < -0.39 is 12.3 Å². The van der Waals surface area contributed by atoms with Crippen molar-refractivity contribution in [3.63, 3.8) is 0 Å². The van der Waals surface area contributed by atoms with E-state index in [1.807, 2.05) is 19.9 Å². The van der Waals surface area contributed by atoms with Gasteiger partial charge in [0, 0.05) is 24.3 Å². The van der Waals surface area contributed by atoms with Crippen molar-refractivity contribution in [2.75, 3.05) is 0 Å². The summed E-state index contributed by atoms with van der Waals surface area (Å²) in [6, 6.07) is 4.05. The van der Waals surface area contributed by atoms with E-state index in [1.54, 1.807) is 6.07 Å². The van der Waals surface area contributed by atoms with E-state index in [0.717, 1.165) is 31.0 Å². The van der Waals surface area contributed by atoms with E-state index in [-0.39, 0.29) is 11.8 Å². The Bertz CT molecular complexity index is 484. The zero-order chi connectivity index (χ0) is 15.6.